The molecule has 1 unspecified atom stereocenters. The summed E-state index contributed by atoms with van der Waals surface area (Å²) < 4.78 is 13.8. The Morgan fingerprint density at radius 2 is 2.00 bits per heavy atom. The summed E-state index contributed by atoms with van der Waals surface area (Å²) in [6.07, 6.45) is 10.2. The Hall–Kier alpha value is -2.82. The summed E-state index contributed by atoms with van der Waals surface area (Å²) in [6.45, 7) is 24.4. The van der Waals surface area contributed by atoms with Crippen LogP contribution in [0.15, 0.2) is 78.6 Å². The number of anilines is 1. The van der Waals surface area contributed by atoms with Crippen molar-refractivity contribution in [1.29, 1.82) is 0 Å². The second kappa shape index (κ2) is 12.0. The molecular weight excluding hydrogens is 423 g/mol. The zero-order chi connectivity index (χ0) is 25.5. The van der Waals surface area contributed by atoms with Gasteiger partial charge in [-0.05, 0) is 68.7 Å². The van der Waals surface area contributed by atoms with Crippen molar-refractivity contribution in [3.8, 4) is 0 Å². The number of aromatic nitrogens is 1. The van der Waals surface area contributed by atoms with Crippen molar-refractivity contribution in [3.63, 3.8) is 0 Å². The van der Waals surface area contributed by atoms with Crippen molar-refractivity contribution in [1.82, 2.24) is 15.2 Å². The molecule has 186 valence electrons. The molecule has 2 rings (SSSR count). The summed E-state index contributed by atoms with van der Waals surface area (Å²) in [5.74, 6) is 2.08. The molecule has 34 heavy (non-hydrogen) atoms. The summed E-state index contributed by atoms with van der Waals surface area (Å²) >= 11 is 0. The highest BCUT2D eigenvalue weighted by Crippen LogP contribution is 2.33. The minimum atomic E-state index is -1.30. The van der Waals surface area contributed by atoms with E-state index in [1.165, 1.54) is 16.8 Å². The van der Waals surface area contributed by atoms with Crippen molar-refractivity contribution in [2.75, 3.05) is 11.9 Å². The third-order valence-corrected chi connectivity index (χ3v) is 6.17. The van der Waals surface area contributed by atoms with E-state index < -0.39 is 5.67 Å². The minimum Gasteiger partial charge on any atom is -0.382 e. The van der Waals surface area contributed by atoms with Crippen LogP contribution in [-0.4, -0.2) is 28.1 Å². The van der Waals surface area contributed by atoms with Gasteiger partial charge in [0, 0.05) is 30.2 Å². The third-order valence-electron chi connectivity index (χ3n) is 6.17. The smallest absolute Gasteiger partial charge is 0.131 e. The molecule has 0 radical (unpaired) electrons. The lowest BCUT2D eigenvalue weighted by atomic mass is 9.93. The number of alkyl halides is 1. The fourth-order valence-corrected chi connectivity index (χ4v) is 4.06. The lowest BCUT2D eigenvalue weighted by Crippen LogP contribution is -2.38. The normalized spacial score (nSPS) is 16.8. The van der Waals surface area contributed by atoms with Gasteiger partial charge in [-0.15, -0.1) is 0 Å². The van der Waals surface area contributed by atoms with Gasteiger partial charge in [-0.25, -0.2) is 9.37 Å². The van der Waals surface area contributed by atoms with Crippen molar-refractivity contribution in [2.24, 2.45) is 0 Å². The van der Waals surface area contributed by atoms with Crippen molar-refractivity contribution in [2.45, 2.75) is 84.9 Å². The fourth-order valence-electron chi connectivity index (χ4n) is 4.06. The molecule has 0 aromatic carbocycles. The molecule has 0 spiro atoms. The molecule has 1 aromatic rings. The van der Waals surface area contributed by atoms with Crippen LogP contribution in [0.25, 0.3) is 0 Å². The maximum Gasteiger partial charge on any atom is 0.131 e. The van der Waals surface area contributed by atoms with E-state index in [2.05, 4.69) is 80.1 Å². The predicted molar refractivity (Wildman–Crippen MR) is 144 cm³/mol. The topological polar surface area (TPSA) is 40.2 Å². The predicted octanol–water partition coefficient (Wildman–Crippen LogP) is 7.59. The lowest BCUT2D eigenvalue weighted by molar-refractivity contribution is 0.216. The second-order valence-electron chi connectivity index (χ2n) is 10.1. The van der Waals surface area contributed by atoms with Gasteiger partial charge in [0.25, 0.3) is 0 Å². The maximum atomic E-state index is 13.8. The van der Waals surface area contributed by atoms with Crippen LogP contribution in [0.2, 0.25) is 0 Å². The van der Waals surface area contributed by atoms with Gasteiger partial charge in [0.05, 0.1) is 0 Å². The first-order chi connectivity index (χ1) is 15.9. The van der Waals surface area contributed by atoms with Crippen LogP contribution >= 0.6 is 0 Å². The molecule has 0 saturated carbocycles. The highest BCUT2D eigenvalue weighted by atomic mass is 19.1. The Balaban J connectivity index is 2.18. The number of hydrogen-bond donors (Lipinski definition) is 2. The average molecular weight is 467 g/mol. The highest BCUT2D eigenvalue weighted by molar-refractivity contribution is 5.44. The molecule has 0 saturated heterocycles. The Morgan fingerprint density at radius 3 is 2.56 bits per heavy atom. The van der Waals surface area contributed by atoms with Gasteiger partial charge in [0.2, 0.25) is 0 Å². The lowest BCUT2D eigenvalue weighted by Gasteiger charge is -2.40. The first kappa shape index (κ1) is 27.4. The standard InChI is InChI=1S/C29H43FN4/c1-10-11-27-16-14-25(13-12-21(4)22(5)32-19-29(8,9)30)23(6)34(27)24(7)33-28-17-15-26(18-31-28)20(2)3/h12-13,15,17-18,20,27,32H,4-5,7,10-11,14,16,19H2,1-3,6,8-9H3,(H,31,33)/b13-12-. The second-order valence-corrected chi connectivity index (χ2v) is 10.1. The van der Waals surface area contributed by atoms with Gasteiger partial charge >= 0.3 is 0 Å². The number of nitrogens with one attached hydrogen (secondary N) is 2. The molecule has 0 aliphatic carbocycles. The van der Waals surface area contributed by atoms with Gasteiger partial charge in [0.1, 0.15) is 17.3 Å². The van der Waals surface area contributed by atoms with Crippen molar-refractivity contribution >= 4 is 5.82 Å². The molecule has 1 aliphatic heterocycles. The van der Waals surface area contributed by atoms with Gasteiger partial charge in [-0.3, -0.25) is 0 Å². The fraction of sp³-hybridized carbons (Fsp3) is 0.483. The molecule has 0 bridgehead atoms. The Labute approximate surface area is 206 Å². The highest BCUT2D eigenvalue weighted by Gasteiger charge is 2.27. The van der Waals surface area contributed by atoms with E-state index >= 15 is 0 Å². The van der Waals surface area contributed by atoms with Gasteiger partial charge in [-0.2, -0.15) is 0 Å². The van der Waals surface area contributed by atoms with Crippen molar-refractivity contribution in [3.05, 3.63) is 84.1 Å². The summed E-state index contributed by atoms with van der Waals surface area (Å²) in [6, 6.07) is 4.52. The van der Waals surface area contributed by atoms with Gasteiger partial charge in [0.15, 0.2) is 0 Å². The SMILES string of the molecule is C=C(/C=C\C1=C(C)N(C(=C)Nc2ccc(C(C)C)cn2)C(CCC)CC1)C(=C)NCC(C)(C)F. The van der Waals surface area contributed by atoms with Crippen LogP contribution in [0.4, 0.5) is 10.2 Å². The molecule has 1 aromatic heterocycles. The number of allylic oxidation sites excluding steroid dienone is 4. The van der Waals surface area contributed by atoms with Crippen molar-refractivity contribution < 1.29 is 4.39 Å². The van der Waals surface area contributed by atoms with E-state index in [1.807, 2.05) is 18.3 Å². The molecule has 1 aliphatic rings. The Morgan fingerprint density at radius 1 is 1.29 bits per heavy atom. The molecule has 2 N–H and O–H groups in total. The Kier molecular flexibility index (Phi) is 9.72. The maximum absolute atomic E-state index is 13.8. The molecule has 5 heteroatoms. The first-order valence-corrected chi connectivity index (χ1v) is 12.3. The quantitative estimate of drug-likeness (QED) is 0.311. The molecular formula is C29H43FN4. The van der Waals surface area contributed by atoms with Crippen LogP contribution in [0.1, 0.15) is 78.7 Å². The Bertz CT molecular complexity index is 932. The number of pyridine rings is 1. The molecule has 1 atom stereocenters. The molecule has 2 heterocycles. The van der Waals surface area contributed by atoms with E-state index in [0.29, 0.717) is 17.7 Å². The van der Waals surface area contributed by atoms with E-state index in [0.717, 1.165) is 42.9 Å². The number of hydrogen-bond acceptors (Lipinski definition) is 4. The van der Waals surface area contributed by atoms with E-state index in [1.54, 1.807) is 13.8 Å². The molecule has 0 fully saturated rings. The van der Waals surface area contributed by atoms with E-state index in [9.17, 15) is 4.39 Å². The van der Waals surface area contributed by atoms with Crippen LogP contribution in [-0.2, 0) is 0 Å². The summed E-state index contributed by atoms with van der Waals surface area (Å²) in [5.41, 5.74) is 3.71. The average Bonchev–Trinajstić information content (AvgIpc) is 2.76. The van der Waals surface area contributed by atoms with Crippen LogP contribution in [0.5, 0.6) is 0 Å². The monoisotopic (exact) mass is 466 g/mol. The number of nitrogens with zero attached hydrogens (tertiary/aromatic N) is 2. The van der Waals surface area contributed by atoms with Gasteiger partial charge < -0.3 is 15.5 Å². The third kappa shape index (κ3) is 7.89. The summed E-state index contributed by atoms with van der Waals surface area (Å²) in [4.78, 5) is 6.89. The summed E-state index contributed by atoms with van der Waals surface area (Å²) in [5, 5.41) is 6.45. The van der Waals surface area contributed by atoms with Crippen LogP contribution in [0, 0.1) is 0 Å². The molecule has 0 amide bonds. The first-order valence-electron chi connectivity index (χ1n) is 12.3. The number of rotatable bonds is 12. The van der Waals surface area contributed by atoms with E-state index in [4.69, 9.17) is 0 Å². The number of halogens is 1. The summed E-state index contributed by atoms with van der Waals surface area (Å²) in [7, 11) is 0. The zero-order valence-corrected chi connectivity index (χ0v) is 22.0. The van der Waals surface area contributed by atoms with Gasteiger partial charge in [-0.1, -0.05) is 65.1 Å². The van der Waals surface area contributed by atoms with Crippen LogP contribution in [0.3, 0.4) is 0 Å². The largest absolute Gasteiger partial charge is 0.382 e. The van der Waals surface area contributed by atoms with Crippen LogP contribution < -0.4 is 10.6 Å². The minimum absolute atomic E-state index is 0.199. The van der Waals surface area contributed by atoms with E-state index in [-0.39, 0.29) is 6.54 Å². The molecule has 4 nitrogen and oxygen atoms in total. The zero-order valence-electron chi connectivity index (χ0n) is 22.0.